The Labute approximate surface area is 194 Å². The van der Waals surface area contributed by atoms with Gasteiger partial charge in [0.25, 0.3) is 5.91 Å². The van der Waals surface area contributed by atoms with Crippen molar-refractivity contribution in [2.45, 2.75) is 17.2 Å². The second-order valence-corrected chi connectivity index (χ2v) is 8.81. The highest BCUT2D eigenvalue weighted by molar-refractivity contribution is 7.98. The quantitative estimate of drug-likeness (QED) is 0.299. The Morgan fingerprint density at radius 3 is 2.58 bits per heavy atom. The number of hydrogen-bond donors (Lipinski definition) is 1. The topological polar surface area (TPSA) is 34.0 Å². The number of rotatable bonds is 7. The molecule has 0 aliphatic heterocycles. The van der Waals surface area contributed by atoms with E-state index in [2.05, 4.69) is 28.2 Å². The zero-order chi connectivity index (χ0) is 21.8. The molecule has 1 heterocycles. The van der Waals surface area contributed by atoms with Crippen LogP contribution < -0.4 is 5.32 Å². The molecular formula is C24H19Cl2FN2OS. The number of hydrogen-bond acceptors (Lipinski definition) is 2. The van der Waals surface area contributed by atoms with Crippen LogP contribution in [0.25, 0.3) is 10.9 Å². The van der Waals surface area contributed by atoms with Crippen LogP contribution in [-0.4, -0.2) is 17.0 Å². The predicted molar refractivity (Wildman–Crippen MR) is 127 cm³/mol. The monoisotopic (exact) mass is 472 g/mol. The highest BCUT2D eigenvalue weighted by Gasteiger charge is 2.12. The predicted octanol–water partition coefficient (Wildman–Crippen LogP) is 6.81. The first-order valence-electron chi connectivity index (χ1n) is 9.70. The normalized spacial score (nSPS) is 11.1. The summed E-state index contributed by atoms with van der Waals surface area (Å²) in [5, 5.41) is 5.04. The summed E-state index contributed by atoms with van der Waals surface area (Å²) < 4.78 is 15.9. The number of benzene rings is 3. The van der Waals surface area contributed by atoms with Crippen LogP contribution in [0.5, 0.6) is 0 Å². The van der Waals surface area contributed by atoms with Crippen LogP contribution in [0.3, 0.4) is 0 Å². The molecule has 0 unspecified atom stereocenters. The van der Waals surface area contributed by atoms with Crippen molar-refractivity contribution in [3.8, 4) is 0 Å². The third-order valence-electron chi connectivity index (χ3n) is 4.89. The van der Waals surface area contributed by atoms with Crippen molar-refractivity contribution in [1.82, 2.24) is 9.88 Å². The van der Waals surface area contributed by atoms with Gasteiger partial charge >= 0.3 is 0 Å². The maximum absolute atomic E-state index is 13.8. The minimum Gasteiger partial charge on any atom is -0.350 e. The molecule has 0 fully saturated rings. The number of para-hydroxylation sites is 1. The van der Waals surface area contributed by atoms with Crippen LogP contribution in [0.1, 0.15) is 15.9 Å². The molecule has 31 heavy (non-hydrogen) atoms. The Balaban J connectivity index is 1.45. The molecule has 0 saturated carbocycles. The van der Waals surface area contributed by atoms with E-state index in [0.29, 0.717) is 23.1 Å². The fourth-order valence-corrected chi connectivity index (χ4v) is 4.69. The van der Waals surface area contributed by atoms with Gasteiger partial charge < -0.3 is 9.88 Å². The molecule has 0 aliphatic rings. The third-order valence-corrected chi connectivity index (χ3v) is 6.74. The van der Waals surface area contributed by atoms with E-state index >= 15 is 0 Å². The van der Waals surface area contributed by atoms with Gasteiger partial charge in [-0.1, -0.05) is 59.6 Å². The SMILES string of the molecule is O=C(NCCn1cc(SCc2ccc(Cl)c(Cl)c2)c2ccccc21)c1ccccc1F. The van der Waals surface area contributed by atoms with Crippen molar-refractivity contribution in [3.05, 3.63) is 99.9 Å². The number of halogens is 3. The van der Waals surface area contributed by atoms with Crippen molar-refractivity contribution in [1.29, 1.82) is 0 Å². The number of thioether (sulfide) groups is 1. The third kappa shape index (κ3) is 5.06. The van der Waals surface area contributed by atoms with Gasteiger partial charge in [0.1, 0.15) is 5.82 Å². The summed E-state index contributed by atoms with van der Waals surface area (Å²) in [5.41, 5.74) is 2.23. The lowest BCUT2D eigenvalue weighted by molar-refractivity contribution is 0.0948. The maximum Gasteiger partial charge on any atom is 0.254 e. The second-order valence-electron chi connectivity index (χ2n) is 6.98. The Kier molecular flexibility index (Phi) is 6.86. The fourth-order valence-electron chi connectivity index (χ4n) is 3.33. The largest absolute Gasteiger partial charge is 0.350 e. The average Bonchev–Trinajstić information content (AvgIpc) is 3.12. The molecule has 1 aromatic heterocycles. The summed E-state index contributed by atoms with van der Waals surface area (Å²) in [4.78, 5) is 13.4. The Hall–Kier alpha value is -2.47. The molecule has 0 spiro atoms. The van der Waals surface area contributed by atoms with Crippen LogP contribution in [0.4, 0.5) is 4.39 Å². The Morgan fingerprint density at radius 2 is 1.77 bits per heavy atom. The lowest BCUT2D eigenvalue weighted by Crippen LogP contribution is -2.27. The maximum atomic E-state index is 13.8. The molecule has 7 heteroatoms. The molecular weight excluding hydrogens is 454 g/mol. The molecule has 158 valence electrons. The number of fused-ring (bicyclic) bond motifs is 1. The van der Waals surface area contributed by atoms with Gasteiger partial charge in [-0.25, -0.2) is 4.39 Å². The van der Waals surface area contributed by atoms with Crippen LogP contribution in [-0.2, 0) is 12.3 Å². The van der Waals surface area contributed by atoms with Crippen molar-refractivity contribution in [3.63, 3.8) is 0 Å². The van der Waals surface area contributed by atoms with Gasteiger partial charge in [0.2, 0.25) is 0 Å². The van der Waals surface area contributed by atoms with Gasteiger partial charge in [0.05, 0.1) is 15.6 Å². The van der Waals surface area contributed by atoms with E-state index in [0.717, 1.165) is 27.1 Å². The first-order chi connectivity index (χ1) is 15.0. The van der Waals surface area contributed by atoms with Crippen LogP contribution in [0, 0.1) is 5.82 Å². The van der Waals surface area contributed by atoms with E-state index in [-0.39, 0.29) is 5.56 Å². The van der Waals surface area contributed by atoms with Gasteiger partial charge in [-0.3, -0.25) is 4.79 Å². The molecule has 4 rings (SSSR count). The molecule has 1 amide bonds. The number of amides is 1. The molecule has 4 aromatic rings. The summed E-state index contributed by atoms with van der Waals surface area (Å²) in [5.74, 6) is -0.175. The number of aromatic nitrogens is 1. The fraction of sp³-hybridized carbons (Fsp3) is 0.125. The van der Waals surface area contributed by atoms with Gasteiger partial charge in [-0.15, -0.1) is 11.8 Å². The summed E-state index contributed by atoms with van der Waals surface area (Å²) in [6.45, 7) is 0.969. The van der Waals surface area contributed by atoms with E-state index in [1.54, 1.807) is 30.0 Å². The summed E-state index contributed by atoms with van der Waals surface area (Å²) in [6.07, 6.45) is 2.09. The molecule has 0 radical (unpaired) electrons. The van der Waals surface area contributed by atoms with E-state index in [1.165, 1.54) is 12.1 Å². The molecule has 0 bridgehead atoms. The molecule has 3 nitrogen and oxygen atoms in total. The number of carbonyl (C=O) groups is 1. The lowest BCUT2D eigenvalue weighted by atomic mass is 10.2. The highest BCUT2D eigenvalue weighted by atomic mass is 35.5. The number of nitrogens with one attached hydrogen (secondary N) is 1. The minimum atomic E-state index is -0.521. The standard InChI is InChI=1S/C24H19Cl2FN2OS/c25-19-10-9-16(13-20(19)26)15-31-23-14-29(22-8-4-2-6-18(22)23)12-11-28-24(30)17-5-1-3-7-21(17)27/h1-10,13-14H,11-12,15H2,(H,28,30). The lowest BCUT2D eigenvalue weighted by Gasteiger charge is -2.08. The first-order valence-corrected chi connectivity index (χ1v) is 11.4. The molecule has 0 atom stereocenters. The van der Waals surface area contributed by atoms with Gasteiger partial charge in [-0.05, 0) is 35.9 Å². The van der Waals surface area contributed by atoms with E-state index in [4.69, 9.17) is 23.2 Å². The molecule has 3 aromatic carbocycles. The van der Waals surface area contributed by atoms with Crippen molar-refractivity contribution in [2.75, 3.05) is 6.54 Å². The highest BCUT2D eigenvalue weighted by Crippen LogP contribution is 2.33. The van der Waals surface area contributed by atoms with Gasteiger partial charge in [-0.2, -0.15) is 0 Å². The van der Waals surface area contributed by atoms with E-state index < -0.39 is 11.7 Å². The first kappa shape index (κ1) is 21.8. The molecule has 0 aliphatic carbocycles. The summed E-state index contributed by atoms with van der Waals surface area (Å²) in [6, 6.07) is 19.8. The minimum absolute atomic E-state index is 0.0535. The van der Waals surface area contributed by atoms with Crippen LogP contribution in [0.15, 0.2) is 77.8 Å². The second kappa shape index (κ2) is 9.77. The van der Waals surface area contributed by atoms with Gasteiger partial charge in [0.15, 0.2) is 0 Å². The molecule has 0 saturated heterocycles. The Bertz CT molecular complexity index is 1240. The summed E-state index contributed by atoms with van der Waals surface area (Å²) >= 11 is 13.9. The summed E-state index contributed by atoms with van der Waals surface area (Å²) in [7, 11) is 0. The van der Waals surface area contributed by atoms with Crippen molar-refractivity contribution >= 4 is 51.8 Å². The molecule has 1 N–H and O–H groups in total. The smallest absolute Gasteiger partial charge is 0.254 e. The zero-order valence-electron chi connectivity index (χ0n) is 16.4. The van der Waals surface area contributed by atoms with E-state index in [1.807, 2.05) is 24.3 Å². The average molecular weight is 473 g/mol. The van der Waals surface area contributed by atoms with E-state index in [9.17, 15) is 9.18 Å². The zero-order valence-corrected chi connectivity index (χ0v) is 18.8. The number of carbonyl (C=O) groups excluding carboxylic acids is 1. The van der Waals surface area contributed by atoms with Crippen LogP contribution >= 0.6 is 35.0 Å². The van der Waals surface area contributed by atoms with Crippen molar-refractivity contribution < 1.29 is 9.18 Å². The van der Waals surface area contributed by atoms with Gasteiger partial charge in [0, 0.05) is 40.8 Å². The number of nitrogens with zero attached hydrogens (tertiary/aromatic N) is 1. The van der Waals surface area contributed by atoms with Crippen molar-refractivity contribution in [2.24, 2.45) is 0 Å². The Morgan fingerprint density at radius 1 is 1.00 bits per heavy atom. The van der Waals surface area contributed by atoms with Crippen LogP contribution in [0.2, 0.25) is 10.0 Å².